The number of hydrogen-bond acceptors (Lipinski definition) is 7. The molecule has 0 fully saturated rings. The summed E-state index contributed by atoms with van der Waals surface area (Å²) in [5, 5.41) is 10.7. The molecule has 0 N–H and O–H groups in total. The first-order chi connectivity index (χ1) is 12.7. The predicted octanol–water partition coefficient (Wildman–Crippen LogP) is 1.74. The summed E-state index contributed by atoms with van der Waals surface area (Å²) in [5.41, 5.74) is -0.598. The molecule has 0 radical (unpaired) electrons. The summed E-state index contributed by atoms with van der Waals surface area (Å²) in [6.45, 7) is -0.895. The van der Waals surface area contributed by atoms with Gasteiger partial charge in [-0.25, -0.2) is 0 Å². The lowest BCUT2D eigenvalue weighted by Crippen LogP contribution is -2.33. The predicted molar refractivity (Wildman–Crippen MR) is 88.0 cm³/mol. The molecule has 0 atom stereocenters. The number of carbonyl (C=O) groups excluding carboxylic acids is 2. The van der Waals surface area contributed by atoms with Crippen LogP contribution in [-0.4, -0.2) is 43.2 Å². The van der Waals surface area contributed by atoms with Crippen molar-refractivity contribution in [3.63, 3.8) is 0 Å². The van der Waals surface area contributed by atoms with Gasteiger partial charge in [0.05, 0.1) is 29.2 Å². The molecule has 27 heavy (non-hydrogen) atoms. The maximum absolute atomic E-state index is 13.3. The van der Waals surface area contributed by atoms with E-state index < -0.39 is 49.9 Å². The van der Waals surface area contributed by atoms with Gasteiger partial charge in [-0.1, -0.05) is 12.1 Å². The van der Waals surface area contributed by atoms with Crippen molar-refractivity contribution in [3.8, 4) is 0 Å². The van der Waals surface area contributed by atoms with Crippen LogP contribution in [0.15, 0.2) is 47.4 Å². The van der Waals surface area contributed by atoms with Gasteiger partial charge in [0.15, 0.2) is 0 Å². The Kier molecular flexibility index (Phi) is 4.72. The number of halogens is 1. The van der Waals surface area contributed by atoms with Gasteiger partial charge in [0.1, 0.15) is 4.90 Å². The van der Waals surface area contributed by atoms with Crippen LogP contribution >= 0.6 is 0 Å². The van der Waals surface area contributed by atoms with Gasteiger partial charge in [-0.3, -0.25) is 28.8 Å². The van der Waals surface area contributed by atoms with Crippen LogP contribution < -0.4 is 0 Å². The van der Waals surface area contributed by atoms with E-state index in [9.17, 15) is 32.5 Å². The summed E-state index contributed by atoms with van der Waals surface area (Å²) >= 11 is 0. The Morgan fingerprint density at radius 3 is 2.22 bits per heavy atom. The Hall–Kier alpha value is -3.18. The van der Waals surface area contributed by atoms with Crippen LogP contribution in [0, 0.1) is 15.9 Å². The van der Waals surface area contributed by atoms with E-state index in [1.807, 2.05) is 0 Å². The third kappa shape index (κ3) is 3.41. The van der Waals surface area contributed by atoms with Crippen LogP contribution in [0.25, 0.3) is 0 Å². The van der Waals surface area contributed by atoms with Crippen molar-refractivity contribution in [2.75, 3.05) is 13.2 Å². The van der Waals surface area contributed by atoms with E-state index in [-0.39, 0.29) is 17.7 Å². The number of hydrogen-bond donors (Lipinski definition) is 0. The van der Waals surface area contributed by atoms with Crippen molar-refractivity contribution in [2.24, 2.45) is 0 Å². The van der Waals surface area contributed by atoms with E-state index in [0.29, 0.717) is 12.1 Å². The highest BCUT2D eigenvalue weighted by Gasteiger charge is 2.35. The maximum atomic E-state index is 13.3. The van der Waals surface area contributed by atoms with Crippen LogP contribution in [0.5, 0.6) is 0 Å². The molecule has 0 unspecified atom stereocenters. The molecule has 0 saturated heterocycles. The normalized spacial score (nSPS) is 13.7. The van der Waals surface area contributed by atoms with Gasteiger partial charge in [-0.05, 0) is 24.3 Å². The van der Waals surface area contributed by atoms with Crippen molar-refractivity contribution < 1.29 is 31.5 Å². The highest BCUT2D eigenvalue weighted by molar-refractivity contribution is 7.86. The number of benzene rings is 2. The molecular weight excluding hydrogens is 383 g/mol. The zero-order valence-electron chi connectivity index (χ0n) is 13.5. The Bertz CT molecular complexity index is 1030. The zero-order chi connectivity index (χ0) is 19.8. The lowest BCUT2D eigenvalue weighted by atomic mass is 10.1. The first-order valence-corrected chi connectivity index (χ1v) is 8.92. The van der Waals surface area contributed by atoms with Gasteiger partial charge in [-0.15, -0.1) is 0 Å². The average Bonchev–Trinajstić information content (AvgIpc) is 2.87. The van der Waals surface area contributed by atoms with E-state index in [1.165, 1.54) is 12.1 Å². The summed E-state index contributed by atoms with van der Waals surface area (Å²) in [6.07, 6.45) is 0. The SMILES string of the molecule is O=C1c2ccccc2C(=O)N1CCOS(=O)(=O)c1ccc(F)c([N+](=O)[O-])c1. The Morgan fingerprint density at radius 2 is 1.67 bits per heavy atom. The quantitative estimate of drug-likeness (QED) is 0.316. The zero-order valence-corrected chi connectivity index (χ0v) is 14.3. The number of carbonyl (C=O) groups is 2. The van der Waals surface area contributed by atoms with Gasteiger partial charge < -0.3 is 0 Å². The molecular formula is C16H11FN2O7S. The molecule has 0 saturated carbocycles. The topological polar surface area (TPSA) is 124 Å². The first-order valence-electron chi connectivity index (χ1n) is 7.51. The van der Waals surface area contributed by atoms with Crippen LogP contribution in [0.1, 0.15) is 20.7 Å². The molecule has 11 heteroatoms. The number of rotatable bonds is 6. The van der Waals surface area contributed by atoms with Crippen LogP contribution in [0.2, 0.25) is 0 Å². The van der Waals surface area contributed by atoms with Gasteiger partial charge in [0, 0.05) is 6.07 Å². The van der Waals surface area contributed by atoms with E-state index in [2.05, 4.69) is 0 Å². The third-order valence-corrected chi connectivity index (χ3v) is 5.14. The fourth-order valence-electron chi connectivity index (χ4n) is 2.54. The van der Waals surface area contributed by atoms with Crippen LogP contribution in [0.3, 0.4) is 0 Å². The average molecular weight is 394 g/mol. The van der Waals surface area contributed by atoms with Crippen molar-refractivity contribution in [1.82, 2.24) is 4.90 Å². The van der Waals surface area contributed by atoms with E-state index in [1.54, 1.807) is 12.1 Å². The number of nitro groups is 1. The summed E-state index contributed by atoms with van der Waals surface area (Å²) in [4.78, 5) is 34.2. The molecule has 1 heterocycles. The minimum atomic E-state index is -4.45. The highest BCUT2D eigenvalue weighted by Crippen LogP contribution is 2.24. The second-order valence-electron chi connectivity index (χ2n) is 5.45. The molecule has 1 aliphatic heterocycles. The number of imide groups is 1. The van der Waals surface area contributed by atoms with Crippen molar-refractivity contribution in [3.05, 3.63) is 69.5 Å². The molecule has 9 nitrogen and oxygen atoms in total. The van der Waals surface area contributed by atoms with Gasteiger partial charge >= 0.3 is 5.69 Å². The molecule has 0 spiro atoms. The van der Waals surface area contributed by atoms with E-state index >= 15 is 0 Å². The third-order valence-electron chi connectivity index (χ3n) is 3.83. The molecule has 0 bridgehead atoms. The summed E-state index contributed by atoms with van der Waals surface area (Å²) in [5.74, 6) is -2.34. The fourth-order valence-corrected chi connectivity index (χ4v) is 3.46. The lowest BCUT2D eigenvalue weighted by Gasteiger charge is -2.13. The minimum absolute atomic E-state index is 0.208. The Labute approximate surface area is 152 Å². The molecule has 3 rings (SSSR count). The monoisotopic (exact) mass is 394 g/mol. The number of nitro benzene ring substituents is 1. The van der Waals surface area contributed by atoms with Crippen molar-refractivity contribution in [2.45, 2.75) is 4.90 Å². The van der Waals surface area contributed by atoms with Crippen LogP contribution in [-0.2, 0) is 14.3 Å². The van der Waals surface area contributed by atoms with Crippen molar-refractivity contribution >= 4 is 27.6 Å². The lowest BCUT2D eigenvalue weighted by molar-refractivity contribution is -0.387. The second-order valence-corrected chi connectivity index (χ2v) is 7.07. The summed E-state index contributed by atoms with van der Waals surface area (Å²) in [6, 6.07) is 8.13. The molecule has 140 valence electrons. The van der Waals surface area contributed by atoms with Gasteiger partial charge in [-0.2, -0.15) is 12.8 Å². The summed E-state index contributed by atoms with van der Waals surface area (Å²) < 4.78 is 42.3. The number of fused-ring (bicyclic) bond motifs is 1. The molecule has 2 amide bonds. The van der Waals surface area contributed by atoms with Crippen molar-refractivity contribution in [1.29, 1.82) is 0 Å². The molecule has 2 aromatic carbocycles. The number of nitrogens with zero attached hydrogens (tertiary/aromatic N) is 2. The number of amides is 2. The second kappa shape index (κ2) is 6.85. The fraction of sp³-hybridized carbons (Fsp3) is 0.125. The van der Waals surface area contributed by atoms with Gasteiger partial charge in [0.25, 0.3) is 21.9 Å². The highest BCUT2D eigenvalue weighted by atomic mass is 32.2. The summed E-state index contributed by atoms with van der Waals surface area (Å²) in [7, 11) is -4.45. The maximum Gasteiger partial charge on any atom is 0.306 e. The molecule has 2 aromatic rings. The van der Waals surface area contributed by atoms with E-state index in [0.717, 1.165) is 11.0 Å². The first kappa shape index (κ1) is 18.6. The molecule has 1 aliphatic rings. The Morgan fingerprint density at radius 1 is 1.07 bits per heavy atom. The Balaban J connectivity index is 1.71. The largest absolute Gasteiger partial charge is 0.306 e. The molecule has 0 aliphatic carbocycles. The molecule has 0 aromatic heterocycles. The minimum Gasteiger partial charge on any atom is -0.272 e. The van der Waals surface area contributed by atoms with Crippen LogP contribution in [0.4, 0.5) is 10.1 Å². The standard InChI is InChI=1S/C16H11FN2O7S/c17-13-6-5-10(9-14(13)19(22)23)27(24,25)26-8-7-18-15(20)11-3-1-2-4-12(11)16(18)21/h1-6,9H,7-8H2. The van der Waals surface area contributed by atoms with Gasteiger partial charge in [0.2, 0.25) is 5.82 Å². The van der Waals surface area contributed by atoms with E-state index in [4.69, 9.17) is 4.18 Å². The smallest absolute Gasteiger partial charge is 0.272 e.